The number of benzene rings is 3. The van der Waals surface area contributed by atoms with Crippen molar-refractivity contribution in [2.45, 2.75) is 37.2 Å². The van der Waals surface area contributed by atoms with Crippen LogP contribution in [0.2, 0.25) is 0 Å². The molecule has 1 N–H and O–H groups in total. The first-order chi connectivity index (χ1) is 20.6. The summed E-state index contributed by atoms with van der Waals surface area (Å²) in [5, 5.41) is 10.4. The molecule has 0 unspecified atom stereocenters. The van der Waals surface area contributed by atoms with E-state index < -0.39 is 41.7 Å². The van der Waals surface area contributed by atoms with Crippen molar-refractivity contribution < 1.29 is 27.9 Å². The Balaban J connectivity index is 1.34. The zero-order valence-corrected chi connectivity index (χ0v) is 23.2. The number of nitrogens with zero attached hydrogens (tertiary/aromatic N) is 3. The van der Waals surface area contributed by atoms with Crippen molar-refractivity contribution >= 4 is 33.4 Å². The molecule has 216 valence electrons. The summed E-state index contributed by atoms with van der Waals surface area (Å²) in [4.78, 5) is 46.5. The Hall–Kier alpha value is -4.61. The number of fused-ring (bicyclic) bond motifs is 2. The van der Waals surface area contributed by atoms with Gasteiger partial charge in [0.1, 0.15) is 11.4 Å². The molecule has 0 bridgehead atoms. The molecule has 0 spiro atoms. The van der Waals surface area contributed by atoms with Crippen LogP contribution in [0.4, 0.5) is 13.2 Å². The van der Waals surface area contributed by atoms with Gasteiger partial charge in [0.25, 0.3) is 17.4 Å². The molecule has 1 fully saturated rings. The van der Waals surface area contributed by atoms with Crippen molar-refractivity contribution in [3.63, 3.8) is 0 Å². The number of hydrogen-bond acceptors (Lipinski definition) is 6. The van der Waals surface area contributed by atoms with E-state index in [0.717, 1.165) is 6.33 Å². The predicted octanol–water partition coefficient (Wildman–Crippen LogP) is 6.00. The van der Waals surface area contributed by atoms with Crippen LogP contribution in [0, 0.1) is 0 Å². The highest BCUT2D eigenvalue weighted by Gasteiger charge is 2.56. The van der Waals surface area contributed by atoms with E-state index in [1.807, 2.05) is 0 Å². The van der Waals surface area contributed by atoms with Gasteiger partial charge in [-0.2, -0.15) is 13.2 Å². The molecule has 1 aliphatic heterocycles. The number of thiophene rings is 1. The van der Waals surface area contributed by atoms with Gasteiger partial charge < -0.3 is 5.11 Å². The first-order valence-electron chi connectivity index (χ1n) is 13.5. The molecular formula is C32H22F3N3O4S. The molecule has 3 aromatic carbocycles. The number of aliphatic hydroxyl groups excluding tert-OH is 1. The predicted molar refractivity (Wildman–Crippen MR) is 155 cm³/mol. The number of aliphatic hydroxyl groups is 1. The smallest absolute Gasteiger partial charge is 0.393 e. The second-order valence-electron chi connectivity index (χ2n) is 10.8. The van der Waals surface area contributed by atoms with Gasteiger partial charge in [-0.3, -0.25) is 23.9 Å². The van der Waals surface area contributed by atoms with Crippen molar-refractivity contribution in [3.05, 3.63) is 112 Å². The van der Waals surface area contributed by atoms with Gasteiger partial charge in [-0.15, -0.1) is 11.3 Å². The number of halogens is 3. The number of alkyl halides is 3. The maximum absolute atomic E-state index is 13.4. The second kappa shape index (κ2) is 9.72. The van der Waals surface area contributed by atoms with Crippen molar-refractivity contribution in [2.75, 3.05) is 0 Å². The SMILES string of the molecule is O=C1c2ccccc2C(=O)N1C1(c2ccc(-c3sc4ncn(CC(F)(F)F)c(=O)c4c3-c3ccccc3)cc2)CC(O)C1. The lowest BCUT2D eigenvalue weighted by atomic mass is 9.68. The molecule has 5 aromatic rings. The highest BCUT2D eigenvalue weighted by Crippen LogP contribution is 2.50. The number of aromatic nitrogens is 2. The molecule has 0 radical (unpaired) electrons. The largest absolute Gasteiger partial charge is 0.406 e. The van der Waals surface area contributed by atoms with Gasteiger partial charge in [0.15, 0.2) is 0 Å². The van der Waals surface area contributed by atoms with E-state index in [1.54, 1.807) is 78.9 Å². The summed E-state index contributed by atoms with van der Waals surface area (Å²) in [5.41, 5.74) is 1.33. The van der Waals surface area contributed by atoms with Crippen LogP contribution in [0.3, 0.4) is 0 Å². The molecule has 2 amide bonds. The first kappa shape index (κ1) is 27.2. The fraction of sp³-hybridized carbons (Fsp3) is 0.188. The molecule has 3 heterocycles. The minimum Gasteiger partial charge on any atom is -0.393 e. The van der Waals surface area contributed by atoms with Crippen LogP contribution < -0.4 is 5.56 Å². The Morgan fingerprint density at radius 2 is 1.47 bits per heavy atom. The maximum atomic E-state index is 13.4. The van der Waals surface area contributed by atoms with Gasteiger partial charge in [0, 0.05) is 23.3 Å². The zero-order valence-electron chi connectivity index (χ0n) is 22.3. The van der Waals surface area contributed by atoms with Gasteiger partial charge in [-0.1, -0.05) is 66.7 Å². The molecule has 7 rings (SSSR count). The maximum Gasteiger partial charge on any atom is 0.406 e. The molecule has 1 aliphatic carbocycles. The number of carbonyl (C=O) groups excluding carboxylic acids is 2. The molecule has 11 heteroatoms. The van der Waals surface area contributed by atoms with Crippen molar-refractivity contribution in [1.82, 2.24) is 14.5 Å². The normalized spacial score (nSPS) is 20.0. The lowest BCUT2D eigenvalue weighted by molar-refractivity contribution is -0.141. The van der Waals surface area contributed by atoms with E-state index >= 15 is 0 Å². The lowest BCUT2D eigenvalue weighted by Gasteiger charge is -2.50. The molecule has 2 aliphatic rings. The third kappa shape index (κ3) is 4.30. The minimum atomic E-state index is -4.59. The molecule has 43 heavy (non-hydrogen) atoms. The summed E-state index contributed by atoms with van der Waals surface area (Å²) in [5.74, 6) is -0.817. The summed E-state index contributed by atoms with van der Waals surface area (Å²) in [6.07, 6.45) is -3.96. The fourth-order valence-corrected chi connectivity index (χ4v) is 7.35. The van der Waals surface area contributed by atoms with Crippen molar-refractivity contribution in [1.29, 1.82) is 0 Å². The Kier molecular flexibility index (Phi) is 6.15. The summed E-state index contributed by atoms with van der Waals surface area (Å²) < 4.78 is 40.2. The van der Waals surface area contributed by atoms with Crippen molar-refractivity contribution in [3.8, 4) is 21.6 Å². The van der Waals surface area contributed by atoms with E-state index in [-0.39, 0.29) is 18.2 Å². The molecule has 0 atom stereocenters. The summed E-state index contributed by atoms with van der Waals surface area (Å²) in [6, 6.07) is 22.7. The van der Waals surface area contributed by atoms with Gasteiger partial charge in [0.05, 0.1) is 34.5 Å². The first-order valence-corrected chi connectivity index (χ1v) is 14.3. The van der Waals surface area contributed by atoms with Crippen molar-refractivity contribution in [2.24, 2.45) is 0 Å². The van der Waals surface area contributed by atoms with Gasteiger partial charge in [0.2, 0.25) is 0 Å². The number of imide groups is 1. The number of hydrogen-bond donors (Lipinski definition) is 1. The van der Waals surface area contributed by atoms with Crippen LogP contribution >= 0.6 is 11.3 Å². The number of rotatable bonds is 5. The summed E-state index contributed by atoms with van der Waals surface area (Å²) in [7, 11) is 0. The fourth-order valence-electron chi connectivity index (χ4n) is 6.19. The van der Waals surface area contributed by atoms with Gasteiger partial charge >= 0.3 is 6.18 Å². The summed E-state index contributed by atoms with van der Waals surface area (Å²) >= 11 is 1.20. The molecule has 7 nitrogen and oxygen atoms in total. The Morgan fingerprint density at radius 3 is 2.05 bits per heavy atom. The third-order valence-corrected chi connectivity index (χ3v) is 9.29. The summed E-state index contributed by atoms with van der Waals surface area (Å²) in [6.45, 7) is -1.45. The Labute approximate surface area is 246 Å². The molecule has 1 saturated carbocycles. The molecule has 2 aromatic heterocycles. The van der Waals surface area contributed by atoms with E-state index in [4.69, 9.17) is 0 Å². The third-order valence-electron chi connectivity index (χ3n) is 8.14. The van der Waals surface area contributed by atoms with Crippen LogP contribution in [-0.4, -0.2) is 43.7 Å². The average Bonchev–Trinajstić information content (AvgIpc) is 3.49. The van der Waals surface area contributed by atoms with E-state index in [9.17, 15) is 32.7 Å². The topological polar surface area (TPSA) is 92.5 Å². The second-order valence-corrected chi connectivity index (χ2v) is 11.8. The zero-order chi connectivity index (χ0) is 30.1. The van der Waals surface area contributed by atoms with Crippen LogP contribution in [0.15, 0.2) is 90.0 Å². The monoisotopic (exact) mass is 601 g/mol. The van der Waals surface area contributed by atoms with E-state index in [2.05, 4.69) is 4.98 Å². The molecule has 0 saturated heterocycles. The lowest BCUT2D eigenvalue weighted by Crippen LogP contribution is -2.59. The van der Waals surface area contributed by atoms with Crippen LogP contribution in [0.1, 0.15) is 39.1 Å². The number of carbonyl (C=O) groups is 2. The highest BCUT2D eigenvalue weighted by atomic mass is 32.1. The van der Waals surface area contributed by atoms with Gasteiger partial charge in [-0.05, 0) is 28.8 Å². The average molecular weight is 602 g/mol. The molecular weight excluding hydrogens is 579 g/mol. The van der Waals surface area contributed by atoms with Crippen LogP contribution in [0.5, 0.6) is 0 Å². The van der Waals surface area contributed by atoms with Gasteiger partial charge in [-0.25, -0.2) is 4.98 Å². The number of amides is 2. The quantitative estimate of drug-likeness (QED) is 0.250. The highest BCUT2D eigenvalue weighted by molar-refractivity contribution is 7.22. The van der Waals surface area contributed by atoms with E-state index in [1.165, 1.54) is 16.2 Å². The van der Waals surface area contributed by atoms with E-state index in [0.29, 0.717) is 47.7 Å². The van der Waals surface area contributed by atoms with Crippen LogP contribution in [-0.2, 0) is 12.1 Å². The Bertz CT molecular complexity index is 1940. The standard InChI is InChI=1S/C32H22F3N3O4S/c33-32(34,35)16-37-17-36-27-25(30(37)42)24(18-6-2-1-3-7-18)26(43-27)19-10-12-20(13-11-19)31(14-21(39)15-31)38-28(40)22-8-4-5-9-23(22)29(38)41/h1-13,17,21,39H,14-16H2. The minimum absolute atomic E-state index is 0.103. The van der Waals surface area contributed by atoms with Crippen LogP contribution in [0.25, 0.3) is 31.8 Å². The Morgan fingerprint density at radius 1 is 0.860 bits per heavy atom.